The Morgan fingerprint density at radius 1 is 1.25 bits per heavy atom. The zero-order valence-corrected chi connectivity index (χ0v) is 21.9. The van der Waals surface area contributed by atoms with Crippen LogP contribution in [0.15, 0.2) is 24.3 Å². The van der Waals surface area contributed by atoms with E-state index in [2.05, 4.69) is 15.5 Å². The summed E-state index contributed by atoms with van der Waals surface area (Å²) >= 11 is 7.62. The number of benzene rings is 1. The van der Waals surface area contributed by atoms with E-state index < -0.39 is 47.3 Å². The van der Waals surface area contributed by atoms with Gasteiger partial charge in [0, 0.05) is 19.1 Å². The fraction of sp³-hybridized carbons (Fsp3) is 0.680. The van der Waals surface area contributed by atoms with Gasteiger partial charge in [0.15, 0.2) is 5.69 Å². The lowest BCUT2D eigenvalue weighted by atomic mass is 9.85. The van der Waals surface area contributed by atoms with Crippen LogP contribution in [0.1, 0.15) is 31.2 Å². The van der Waals surface area contributed by atoms with E-state index in [0.29, 0.717) is 18.8 Å². The molecule has 0 aromatic heterocycles. The van der Waals surface area contributed by atoms with E-state index in [1.165, 1.54) is 17.3 Å². The third-order valence-corrected chi connectivity index (χ3v) is 8.66. The number of nitrogens with zero attached hydrogens (tertiary/aromatic N) is 1. The molecule has 3 saturated heterocycles. The fourth-order valence-corrected chi connectivity index (χ4v) is 6.39. The molecule has 1 amide bonds. The minimum absolute atomic E-state index is 0.134. The molecule has 3 aliphatic rings. The van der Waals surface area contributed by atoms with Gasteiger partial charge in [-0.1, -0.05) is 24.3 Å². The average Bonchev–Trinajstić information content (AvgIpc) is 3.16. The molecule has 5 N–H and O–H groups in total. The number of aliphatic hydroxyl groups is 3. The number of aliphatic hydroxyl groups excluding tert-OH is 3. The molecule has 3 aliphatic heterocycles. The van der Waals surface area contributed by atoms with Crippen LogP contribution in [0.5, 0.6) is 0 Å². The summed E-state index contributed by atoms with van der Waals surface area (Å²) < 4.78 is 12.0. The Morgan fingerprint density at radius 3 is 2.61 bits per heavy atom. The van der Waals surface area contributed by atoms with Crippen molar-refractivity contribution < 1.29 is 29.6 Å². The highest BCUT2D eigenvalue weighted by Gasteiger charge is 2.49. The van der Waals surface area contributed by atoms with Crippen molar-refractivity contribution in [3.8, 4) is 0 Å². The predicted octanol–water partition coefficient (Wildman–Crippen LogP) is 1.37. The monoisotopic (exact) mass is 539 g/mol. The van der Waals surface area contributed by atoms with Crippen LogP contribution < -0.4 is 10.6 Å². The number of ether oxygens (including phenoxy) is 2. The van der Waals surface area contributed by atoms with Gasteiger partial charge in [0.05, 0.1) is 24.1 Å². The Labute approximate surface area is 220 Å². The number of thioether (sulfide) groups is 1. The lowest BCUT2D eigenvalue weighted by Crippen LogP contribution is -2.65. The average molecular weight is 540 g/mol. The van der Waals surface area contributed by atoms with Crippen LogP contribution in [0.2, 0.25) is 0 Å². The maximum absolute atomic E-state index is 13.4. The molecule has 11 atom stereocenters. The zero-order valence-electron chi connectivity index (χ0n) is 20.3. The summed E-state index contributed by atoms with van der Waals surface area (Å²) in [4.78, 5) is 16.9. The fourth-order valence-electron chi connectivity index (χ4n) is 5.51. The van der Waals surface area contributed by atoms with Crippen molar-refractivity contribution >= 4 is 35.0 Å². The van der Waals surface area contributed by atoms with Crippen LogP contribution in [-0.2, 0) is 14.3 Å². The number of fused-ring (bicyclic) bond motifs is 1. The molecular formula is C25H34ClN3O6S. The SMILES string of the molecule is [C-]#[N+]c1ccc([C@H]2CCO[C@@H]3[C@H](CN[C@@H]3C(=O)N[C@H]([C@H](C)Cl)[C@H]3OC(SC)[C@H](O)[C@H](O)C3O)C2)cc1. The van der Waals surface area contributed by atoms with E-state index in [-0.39, 0.29) is 23.8 Å². The molecule has 1 aromatic carbocycles. The van der Waals surface area contributed by atoms with Gasteiger partial charge in [-0.3, -0.25) is 4.79 Å². The number of nitrogens with one attached hydrogen (secondary N) is 2. The molecular weight excluding hydrogens is 506 g/mol. The standard InChI is InChI=1S/C25H34ClN3O6S/c1-12(26)17(23-20(31)19(30)21(32)25(35-23)36-3)29-24(33)18-22-15(11-28-18)10-14(8-9-34-22)13-4-6-16(27-2)7-5-13/h4-7,12,14-15,17-23,25,28,30-32H,8-11H2,1,3H3,(H,29,33)/t12-,14-,15-,17+,18-,19+,20?,21+,22+,23+,25?/m0/s1. The van der Waals surface area contributed by atoms with Gasteiger partial charge in [-0.15, -0.1) is 23.4 Å². The van der Waals surface area contributed by atoms with Gasteiger partial charge in [0.1, 0.15) is 35.9 Å². The Bertz CT molecular complexity index is 945. The summed E-state index contributed by atoms with van der Waals surface area (Å²) in [6.07, 6.45) is -1.98. The topological polar surface area (TPSA) is 125 Å². The van der Waals surface area contributed by atoms with E-state index in [1.807, 2.05) is 24.3 Å². The van der Waals surface area contributed by atoms with Crippen molar-refractivity contribution in [3.63, 3.8) is 0 Å². The highest BCUT2D eigenvalue weighted by Crippen LogP contribution is 2.37. The zero-order chi connectivity index (χ0) is 26.0. The quantitative estimate of drug-likeness (QED) is 0.271. The maximum atomic E-state index is 13.4. The molecule has 198 valence electrons. The van der Waals surface area contributed by atoms with Crippen molar-refractivity contribution in [2.75, 3.05) is 19.4 Å². The second-order valence-corrected chi connectivity index (χ2v) is 11.4. The lowest BCUT2D eigenvalue weighted by molar-refractivity contribution is -0.205. The largest absolute Gasteiger partial charge is 0.388 e. The molecule has 0 spiro atoms. The van der Waals surface area contributed by atoms with Gasteiger partial charge in [0.2, 0.25) is 5.91 Å². The van der Waals surface area contributed by atoms with Crippen molar-refractivity contribution in [2.45, 2.75) is 79.1 Å². The van der Waals surface area contributed by atoms with Crippen molar-refractivity contribution in [1.82, 2.24) is 10.6 Å². The Kier molecular flexibility index (Phi) is 9.18. The van der Waals surface area contributed by atoms with Crippen LogP contribution in [0.25, 0.3) is 4.85 Å². The molecule has 11 heteroatoms. The third-order valence-electron chi connectivity index (χ3n) is 7.53. The maximum Gasteiger partial charge on any atom is 0.240 e. The predicted molar refractivity (Wildman–Crippen MR) is 137 cm³/mol. The molecule has 3 fully saturated rings. The van der Waals surface area contributed by atoms with Crippen molar-refractivity contribution in [2.24, 2.45) is 5.92 Å². The number of carbonyl (C=O) groups is 1. The Morgan fingerprint density at radius 2 is 1.97 bits per heavy atom. The summed E-state index contributed by atoms with van der Waals surface area (Å²) in [5, 5.41) is 36.7. The summed E-state index contributed by atoms with van der Waals surface area (Å²) in [5.41, 5.74) is 1.02. The first-order valence-corrected chi connectivity index (χ1v) is 14.0. The molecule has 3 heterocycles. The molecule has 2 unspecified atom stereocenters. The summed E-state index contributed by atoms with van der Waals surface area (Å²) in [5.74, 6) is 0.105. The highest BCUT2D eigenvalue weighted by atomic mass is 35.5. The molecule has 0 bridgehead atoms. The second-order valence-electron chi connectivity index (χ2n) is 9.79. The van der Waals surface area contributed by atoms with Gasteiger partial charge < -0.3 is 35.4 Å². The molecule has 0 radical (unpaired) electrons. The first kappa shape index (κ1) is 27.6. The van der Waals surface area contributed by atoms with Crippen LogP contribution in [0, 0.1) is 12.5 Å². The first-order chi connectivity index (χ1) is 17.2. The molecule has 1 aromatic rings. The van der Waals surface area contributed by atoms with E-state index >= 15 is 0 Å². The van der Waals surface area contributed by atoms with Crippen LogP contribution in [0.4, 0.5) is 5.69 Å². The third kappa shape index (κ3) is 5.69. The van der Waals surface area contributed by atoms with E-state index in [9.17, 15) is 20.1 Å². The number of halogens is 1. The summed E-state index contributed by atoms with van der Waals surface area (Å²) in [6, 6.07) is 6.28. The number of amides is 1. The minimum atomic E-state index is -1.42. The number of hydrogen-bond acceptors (Lipinski definition) is 8. The number of alkyl halides is 1. The molecule has 0 aliphatic carbocycles. The summed E-state index contributed by atoms with van der Waals surface area (Å²) in [6.45, 7) is 9.97. The van der Waals surface area contributed by atoms with Gasteiger partial charge in [-0.25, -0.2) is 4.85 Å². The van der Waals surface area contributed by atoms with E-state index in [0.717, 1.165) is 12.8 Å². The van der Waals surface area contributed by atoms with Gasteiger partial charge in [-0.05, 0) is 37.5 Å². The Hall–Kier alpha value is -1.42. The number of rotatable bonds is 6. The molecule has 4 rings (SSSR count). The number of hydrogen-bond donors (Lipinski definition) is 5. The van der Waals surface area contributed by atoms with Gasteiger partial charge in [0.25, 0.3) is 0 Å². The smallest absolute Gasteiger partial charge is 0.240 e. The van der Waals surface area contributed by atoms with E-state index in [1.54, 1.807) is 13.2 Å². The van der Waals surface area contributed by atoms with E-state index in [4.69, 9.17) is 27.6 Å². The second kappa shape index (κ2) is 12.0. The molecule has 0 saturated carbocycles. The number of carbonyl (C=O) groups excluding carboxylic acids is 1. The van der Waals surface area contributed by atoms with Crippen LogP contribution in [0.3, 0.4) is 0 Å². The molecule has 36 heavy (non-hydrogen) atoms. The van der Waals surface area contributed by atoms with Crippen molar-refractivity contribution in [1.29, 1.82) is 0 Å². The van der Waals surface area contributed by atoms with Crippen molar-refractivity contribution in [3.05, 3.63) is 41.2 Å². The summed E-state index contributed by atoms with van der Waals surface area (Å²) in [7, 11) is 0. The lowest BCUT2D eigenvalue weighted by Gasteiger charge is -2.44. The normalized spacial score (nSPS) is 38.3. The Balaban J connectivity index is 1.43. The first-order valence-electron chi connectivity index (χ1n) is 12.2. The molecule has 9 nitrogen and oxygen atoms in total. The highest BCUT2D eigenvalue weighted by molar-refractivity contribution is 7.99. The van der Waals surface area contributed by atoms with Gasteiger partial charge in [-0.2, -0.15) is 0 Å². The minimum Gasteiger partial charge on any atom is -0.388 e. The van der Waals surface area contributed by atoms with Crippen LogP contribution in [-0.4, -0.2) is 94.1 Å². The van der Waals surface area contributed by atoms with Gasteiger partial charge >= 0.3 is 0 Å². The van der Waals surface area contributed by atoms with Crippen LogP contribution >= 0.6 is 23.4 Å².